The second-order valence-electron chi connectivity index (χ2n) is 4.22. The molecule has 1 aliphatic heterocycles. The molecule has 19 heavy (non-hydrogen) atoms. The summed E-state index contributed by atoms with van der Waals surface area (Å²) in [6, 6.07) is 4.80. The maximum absolute atomic E-state index is 12.8. The minimum atomic E-state index is -3.62. The van der Waals surface area contributed by atoms with Crippen LogP contribution in [0.15, 0.2) is 41.7 Å². The van der Waals surface area contributed by atoms with Gasteiger partial charge in [-0.15, -0.1) is 0 Å². The Bertz CT molecular complexity index is 691. The molecule has 0 atom stereocenters. The first-order chi connectivity index (χ1) is 9.07. The first-order valence-electron chi connectivity index (χ1n) is 5.61. The molecule has 0 unspecified atom stereocenters. The van der Waals surface area contributed by atoms with Crippen LogP contribution in [0.4, 0.5) is 4.39 Å². The highest BCUT2D eigenvalue weighted by molar-refractivity contribution is 7.89. The van der Waals surface area contributed by atoms with Crippen molar-refractivity contribution in [1.82, 2.24) is 14.3 Å². The summed E-state index contributed by atoms with van der Waals surface area (Å²) in [5.74, 6) is -0.463. The number of benzene rings is 1. The maximum Gasteiger partial charge on any atom is 0.243 e. The summed E-state index contributed by atoms with van der Waals surface area (Å²) in [5.41, 5.74) is 1.51. The molecule has 0 fully saturated rings. The van der Waals surface area contributed by atoms with Crippen molar-refractivity contribution < 1.29 is 12.8 Å². The number of halogens is 1. The predicted octanol–water partition coefficient (Wildman–Crippen LogP) is 1.32. The molecular formula is C12H10FN3O2S. The lowest BCUT2D eigenvalue weighted by atomic mass is 10.3. The fourth-order valence-corrected chi connectivity index (χ4v) is 3.38. The first-order valence-corrected chi connectivity index (χ1v) is 7.05. The quantitative estimate of drug-likeness (QED) is 0.831. The van der Waals surface area contributed by atoms with E-state index in [0.29, 0.717) is 5.69 Å². The van der Waals surface area contributed by atoms with Gasteiger partial charge in [0.15, 0.2) is 0 Å². The average molecular weight is 279 g/mol. The molecule has 2 heterocycles. The Kier molecular flexibility index (Phi) is 2.79. The summed E-state index contributed by atoms with van der Waals surface area (Å²) in [6.07, 6.45) is 3.01. The Morgan fingerprint density at radius 2 is 1.89 bits per heavy atom. The van der Waals surface area contributed by atoms with Crippen LogP contribution in [0.25, 0.3) is 0 Å². The van der Waals surface area contributed by atoms with Crippen molar-refractivity contribution in [2.24, 2.45) is 0 Å². The normalized spacial score (nSPS) is 15.4. The summed E-state index contributed by atoms with van der Waals surface area (Å²) in [7, 11) is -3.62. The van der Waals surface area contributed by atoms with Crippen LogP contribution < -0.4 is 0 Å². The van der Waals surface area contributed by atoms with Gasteiger partial charge in [-0.05, 0) is 24.3 Å². The van der Waals surface area contributed by atoms with Crippen molar-refractivity contribution in [3.8, 4) is 0 Å². The van der Waals surface area contributed by atoms with Gasteiger partial charge in [-0.1, -0.05) is 0 Å². The lowest BCUT2D eigenvalue weighted by Gasteiger charge is -2.15. The minimum absolute atomic E-state index is 0.0784. The molecule has 7 heteroatoms. The molecule has 0 N–H and O–H groups in total. The van der Waals surface area contributed by atoms with Gasteiger partial charge in [-0.2, -0.15) is 4.31 Å². The molecule has 0 saturated carbocycles. The second-order valence-corrected chi connectivity index (χ2v) is 6.16. The smallest absolute Gasteiger partial charge is 0.243 e. The predicted molar refractivity (Wildman–Crippen MR) is 64.9 cm³/mol. The van der Waals surface area contributed by atoms with E-state index in [1.807, 2.05) is 0 Å². The number of rotatable bonds is 2. The van der Waals surface area contributed by atoms with Crippen LogP contribution in [0, 0.1) is 5.82 Å². The Morgan fingerprint density at radius 3 is 2.58 bits per heavy atom. The van der Waals surface area contributed by atoms with E-state index in [0.717, 1.165) is 17.7 Å². The monoisotopic (exact) mass is 279 g/mol. The van der Waals surface area contributed by atoms with E-state index >= 15 is 0 Å². The molecule has 0 amide bonds. The zero-order chi connectivity index (χ0) is 13.5. The van der Waals surface area contributed by atoms with Crippen molar-refractivity contribution in [3.63, 3.8) is 0 Å². The zero-order valence-corrected chi connectivity index (χ0v) is 10.6. The molecule has 5 nitrogen and oxygen atoms in total. The van der Waals surface area contributed by atoms with E-state index in [9.17, 15) is 12.8 Å². The van der Waals surface area contributed by atoms with E-state index in [-0.39, 0.29) is 18.0 Å². The number of aromatic nitrogens is 2. The van der Waals surface area contributed by atoms with Gasteiger partial charge in [-0.3, -0.25) is 0 Å². The summed E-state index contributed by atoms with van der Waals surface area (Å²) in [5, 5.41) is 0. The highest BCUT2D eigenvalue weighted by Gasteiger charge is 2.31. The zero-order valence-electron chi connectivity index (χ0n) is 9.82. The Balaban J connectivity index is 1.94. The Hall–Kier alpha value is -1.86. The highest BCUT2D eigenvalue weighted by Crippen LogP contribution is 2.26. The third kappa shape index (κ3) is 2.11. The van der Waals surface area contributed by atoms with E-state index in [2.05, 4.69) is 9.97 Å². The Labute approximate surface area is 109 Å². The van der Waals surface area contributed by atoms with Crippen molar-refractivity contribution in [1.29, 1.82) is 0 Å². The van der Waals surface area contributed by atoms with Crippen LogP contribution in [-0.2, 0) is 23.1 Å². The van der Waals surface area contributed by atoms with Crippen LogP contribution in [0.3, 0.4) is 0 Å². The second kappa shape index (κ2) is 4.36. The molecule has 1 aromatic heterocycles. The largest absolute Gasteiger partial charge is 0.244 e. The molecule has 1 aromatic carbocycles. The number of hydrogen-bond acceptors (Lipinski definition) is 4. The summed E-state index contributed by atoms with van der Waals surface area (Å²) < 4.78 is 38.9. The highest BCUT2D eigenvalue weighted by atomic mass is 32.2. The van der Waals surface area contributed by atoms with Gasteiger partial charge in [-0.25, -0.2) is 22.8 Å². The number of fused-ring (bicyclic) bond motifs is 1. The number of nitrogens with zero attached hydrogens (tertiary/aromatic N) is 3. The molecule has 3 rings (SSSR count). The fourth-order valence-electron chi connectivity index (χ4n) is 2.00. The van der Waals surface area contributed by atoms with Gasteiger partial charge in [0.25, 0.3) is 0 Å². The van der Waals surface area contributed by atoms with Gasteiger partial charge < -0.3 is 0 Å². The molecule has 2 aromatic rings. The standard InChI is InChI=1S/C12H10FN3O2S/c13-10-1-3-11(4-2-10)19(17,18)16-6-9-5-14-8-15-12(9)7-16/h1-5,8H,6-7H2. The SMILES string of the molecule is O=S(=O)(c1ccc(F)cc1)N1Cc2cncnc2C1. The van der Waals surface area contributed by atoms with Gasteiger partial charge in [0, 0.05) is 18.3 Å². The number of sulfonamides is 1. The fraction of sp³-hybridized carbons (Fsp3) is 0.167. The third-order valence-electron chi connectivity index (χ3n) is 3.01. The molecule has 98 valence electrons. The van der Waals surface area contributed by atoms with E-state index < -0.39 is 15.8 Å². The summed E-state index contributed by atoms with van der Waals surface area (Å²) in [4.78, 5) is 8.01. The topological polar surface area (TPSA) is 63.2 Å². The van der Waals surface area contributed by atoms with Gasteiger partial charge >= 0.3 is 0 Å². The molecule has 0 aliphatic carbocycles. The summed E-state index contributed by atoms with van der Waals surface area (Å²) >= 11 is 0. The van der Waals surface area contributed by atoms with Crippen molar-refractivity contribution in [3.05, 3.63) is 53.9 Å². The van der Waals surface area contributed by atoms with E-state index in [1.165, 1.54) is 22.8 Å². The summed E-state index contributed by atoms with van der Waals surface area (Å²) in [6.45, 7) is 0.466. The molecule has 0 spiro atoms. The third-order valence-corrected chi connectivity index (χ3v) is 4.81. The molecule has 1 aliphatic rings. The lowest BCUT2D eigenvalue weighted by Crippen LogP contribution is -2.25. The van der Waals surface area contributed by atoms with Crippen LogP contribution in [0.5, 0.6) is 0 Å². The minimum Gasteiger partial charge on any atom is -0.244 e. The van der Waals surface area contributed by atoms with Crippen LogP contribution >= 0.6 is 0 Å². The van der Waals surface area contributed by atoms with Crippen LogP contribution in [0.2, 0.25) is 0 Å². The Morgan fingerprint density at radius 1 is 1.16 bits per heavy atom. The van der Waals surface area contributed by atoms with Crippen molar-refractivity contribution >= 4 is 10.0 Å². The van der Waals surface area contributed by atoms with Crippen LogP contribution in [0.1, 0.15) is 11.3 Å². The lowest BCUT2D eigenvalue weighted by molar-refractivity contribution is 0.429. The first kappa shape index (κ1) is 12.2. The molecular weight excluding hydrogens is 269 g/mol. The molecule has 0 radical (unpaired) electrons. The van der Waals surface area contributed by atoms with Crippen molar-refractivity contribution in [2.75, 3.05) is 0 Å². The van der Waals surface area contributed by atoms with Gasteiger partial charge in [0.1, 0.15) is 12.1 Å². The van der Waals surface area contributed by atoms with Crippen LogP contribution in [-0.4, -0.2) is 22.7 Å². The van der Waals surface area contributed by atoms with Crippen molar-refractivity contribution in [2.45, 2.75) is 18.0 Å². The molecule has 0 saturated heterocycles. The maximum atomic E-state index is 12.8. The van der Waals surface area contributed by atoms with Gasteiger partial charge in [0.2, 0.25) is 10.0 Å². The van der Waals surface area contributed by atoms with E-state index in [4.69, 9.17) is 0 Å². The van der Waals surface area contributed by atoms with E-state index in [1.54, 1.807) is 6.20 Å². The van der Waals surface area contributed by atoms with Gasteiger partial charge in [0.05, 0.1) is 17.1 Å². The number of hydrogen-bond donors (Lipinski definition) is 0. The average Bonchev–Trinajstić information content (AvgIpc) is 2.83. The molecule has 0 bridgehead atoms.